The molecule has 2 aliphatic carbocycles. The highest BCUT2D eigenvalue weighted by atomic mass is 16.6. The molecule has 3 rings (SSSR count). The van der Waals surface area contributed by atoms with Gasteiger partial charge in [0.1, 0.15) is 0 Å². The van der Waals surface area contributed by atoms with E-state index < -0.39 is 0 Å². The largest absolute Gasteiger partial charge is 0.402 e. The molecule has 120 valence electrons. The predicted octanol–water partition coefficient (Wildman–Crippen LogP) is 3.34. The maximum atomic E-state index is 11.6. The fourth-order valence-corrected chi connectivity index (χ4v) is 2.89. The highest BCUT2D eigenvalue weighted by Crippen LogP contribution is 2.32. The van der Waals surface area contributed by atoms with Gasteiger partial charge in [0.25, 0.3) is 0 Å². The Kier molecular flexibility index (Phi) is 4.02. The second kappa shape index (κ2) is 5.82. The third kappa shape index (κ3) is 3.21. The molecule has 4 nitrogen and oxygen atoms in total. The van der Waals surface area contributed by atoms with Gasteiger partial charge in [0.15, 0.2) is 5.70 Å². The first-order valence-electron chi connectivity index (χ1n) is 8.32. The molecule has 0 amide bonds. The first kappa shape index (κ1) is 15.2. The second-order valence-electron chi connectivity index (χ2n) is 7.51. The molecule has 3 aliphatic rings. The highest BCUT2D eigenvalue weighted by molar-refractivity contribution is 5.94. The Labute approximate surface area is 132 Å². The zero-order valence-corrected chi connectivity index (χ0v) is 13.8. The van der Waals surface area contributed by atoms with E-state index in [1.807, 2.05) is 0 Å². The van der Waals surface area contributed by atoms with Crippen LogP contribution in [-0.2, 0) is 9.53 Å². The Morgan fingerprint density at radius 2 is 2.09 bits per heavy atom. The minimum absolute atomic E-state index is 0.142. The number of rotatable bonds is 5. The summed E-state index contributed by atoms with van der Waals surface area (Å²) < 4.78 is 5.17. The summed E-state index contributed by atoms with van der Waals surface area (Å²) in [5.74, 6) is 1.06. The van der Waals surface area contributed by atoms with E-state index in [0.29, 0.717) is 17.5 Å². The first-order chi connectivity index (χ1) is 10.4. The predicted molar refractivity (Wildman–Crippen MR) is 86.5 cm³/mol. The minimum Gasteiger partial charge on any atom is -0.402 e. The van der Waals surface area contributed by atoms with Crippen LogP contribution in [0.4, 0.5) is 0 Å². The number of nitrogens with one attached hydrogen (secondary N) is 2. The number of esters is 1. The molecule has 0 aromatic rings. The van der Waals surface area contributed by atoms with Crippen molar-refractivity contribution in [2.24, 2.45) is 11.3 Å². The monoisotopic (exact) mass is 302 g/mol. The van der Waals surface area contributed by atoms with Gasteiger partial charge in [-0.25, -0.2) is 4.79 Å². The van der Waals surface area contributed by atoms with Gasteiger partial charge in [-0.05, 0) is 48.7 Å². The van der Waals surface area contributed by atoms with Crippen LogP contribution >= 0.6 is 0 Å². The maximum Gasteiger partial charge on any atom is 0.366 e. The topological polar surface area (TPSA) is 50.4 Å². The Bertz CT molecular complexity index is 560. The lowest BCUT2D eigenvalue weighted by atomic mass is 9.83. The molecule has 1 aliphatic heterocycles. The summed E-state index contributed by atoms with van der Waals surface area (Å²) in [6, 6.07) is 0. The zero-order chi connectivity index (χ0) is 15.7. The molecular formula is C18H26N2O2. The van der Waals surface area contributed by atoms with Crippen LogP contribution in [0.25, 0.3) is 0 Å². The van der Waals surface area contributed by atoms with Crippen molar-refractivity contribution in [2.75, 3.05) is 6.54 Å². The Morgan fingerprint density at radius 3 is 2.68 bits per heavy atom. The molecular weight excluding hydrogens is 276 g/mol. The number of carbonyl (C=O) groups excluding carboxylic acids is 1. The number of hydrogen-bond acceptors (Lipinski definition) is 4. The van der Waals surface area contributed by atoms with E-state index in [0.717, 1.165) is 25.1 Å². The van der Waals surface area contributed by atoms with Gasteiger partial charge in [0.2, 0.25) is 5.88 Å². The molecule has 0 radical (unpaired) electrons. The summed E-state index contributed by atoms with van der Waals surface area (Å²) in [5.41, 5.74) is 3.21. The van der Waals surface area contributed by atoms with Gasteiger partial charge in [-0.2, -0.15) is 0 Å². The van der Waals surface area contributed by atoms with Crippen molar-refractivity contribution in [1.82, 2.24) is 10.6 Å². The summed E-state index contributed by atoms with van der Waals surface area (Å²) in [7, 11) is 0. The average Bonchev–Trinajstić information content (AvgIpc) is 2.40. The lowest BCUT2D eigenvalue weighted by molar-refractivity contribution is -0.142. The van der Waals surface area contributed by atoms with E-state index in [-0.39, 0.29) is 11.4 Å². The van der Waals surface area contributed by atoms with E-state index in [1.54, 1.807) is 0 Å². The molecule has 22 heavy (non-hydrogen) atoms. The van der Waals surface area contributed by atoms with Crippen molar-refractivity contribution >= 4 is 5.97 Å². The standard InChI is InChI=1S/C18H26N2O2/c1-18(2,3)13-8-5-9-14(10-13)20-16-15(17(21)22-16)19-11-12-6-4-7-12/h8,10,12,19-20H,4-7,9,11H2,1-3H3. The third-order valence-electron chi connectivity index (χ3n) is 4.67. The first-order valence-corrected chi connectivity index (χ1v) is 8.32. The van der Waals surface area contributed by atoms with Gasteiger partial charge in [-0.3, -0.25) is 0 Å². The summed E-state index contributed by atoms with van der Waals surface area (Å²) in [5, 5.41) is 6.54. The summed E-state index contributed by atoms with van der Waals surface area (Å²) >= 11 is 0. The quantitative estimate of drug-likeness (QED) is 0.765. The molecule has 1 saturated carbocycles. The number of allylic oxidation sites excluding steroid dienone is 4. The van der Waals surface area contributed by atoms with Crippen molar-refractivity contribution in [3.8, 4) is 0 Å². The molecule has 1 fully saturated rings. The fraction of sp³-hybridized carbons (Fsp3) is 0.611. The molecule has 0 spiro atoms. The van der Waals surface area contributed by atoms with Crippen LogP contribution in [0.1, 0.15) is 52.9 Å². The molecule has 0 saturated heterocycles. The van der Waals surface area contributed by atoms with E-state index >= 15 is 0 Å². The lowest BCUT2D eigenvalue weighted by Gasteiger charge is -2.30. The van der Waals surface area contributed by atoms with Crippen LogP contribution in [-0.4, -0.2) is 12.5 Å². The number of hydrogen-bond donors (Lipinski definition) is 2. The number of cyclic esters (lactones) is 1. The van der Waals surface area contributed by atoms with Crippen LogP contribution in [0.15, 0.2) is 35.0 Å². The van der Waals surface area contributed by atoms with Gasteiger partial charge < -0.3 is 15.4 Å². The number of ether oxygens (including phenoxy) is 1. The molecule has 0 unspecified atom stereocenters. The van der Waals surface area contributed by atoms with Crippen LogP contribution in [0.2, 0.25) is 0 Å². The molecule has 0 atom stereocenters. The average molecular weight is 302 g/mol. The molecule has 4 heteroatoms. The molecule has 2 N–H and O–H groups in total. The van der Waals surface area contributed by atoms with E-state index in [4.69, 9.17) is 4.74 Å². The van der Waals surface area contributed by atoms with Crippen LogP contribution in [0, 0.1) is 11.3 Å². The van der Waals surface area contributed by atoms with E-state index in [9.17, 15) is 4.79 Å². The maximum absolute atomic E-state index is 11.6. The van der Waals surface area contributed by atoms with Crippen LogP contribution < -0.4 is 10.6 Å². The van der Waals surface area contributed by atoms with Crippen molar-refractivity contribution < 1.29 is 9.53 Å². The zero-order valence-electron chi connectivity index (χ0n) is 13.8. The Balaban J connectivity index is 1.64. The van der Waals surface area contributed by atoms with Gasteiger partial charge in [-0.15, -0.1) is 0 Å². The smallest absolute Gasteiger partial charge is 0.366 e. The second-order valence-corrected chi connectivity index (χ2v) is 7.51. The summed E-state index contributed by atoms with van der Waals surface area (Å²) in [6.45, 7) is 7.52. The van der Waals surface area contributed by atoms with Crippen molar-refractivity contribution in [1.29, 1.82) is 0 Å². The summed E-state index contributed by atoms with van der Waals surface area (Å²) in [4.78, 5) is 11.6. The Hall–Kier alpha value is -1.71. The van der Waals surface area contributed by atoms with Crippen molar-refractivity contribution in [3.05, 3.63) is 35.0 Å². The SMILES string of the molecule is CC(C)(C)C1=CCCC(NC2=C(NCC3CCC3)C(=O)O2)=C1. The third-order valence-corrected chi connectivity index (χ3v) is 4.67. The minimum atomic E-state index is -0.246. The lowest BCUT2D eigenvalue weighted by Crippen LogP contribution is -2.41. The van der Waals surface area contributed by atoms with Gasteiger partial charge in [0, 0.05) is 12.2 Å². The van der Waals surface area contributed by atoms with Gasteiger partial charge >= 0.3 is 5.97 Å². The summed E-state index contributed by atoms with van der Waals surface area (Å²) in [6.07, 6.45) is 10.3. The number of carbonyl (C=O) groups is 1. The van der Waals surface area contributed by atoms with Crippen LogP contribution in [0.5, 0.6) is 0 Å². The Morgan fingerprint density at radius 1 is 1.32 bits per heavy atom. The van der Waals surface area contributed by atoms with E-state index in [1.165, 1.54) is 24.8 Å². The molecule has 0 bridgehead atoms. The van der Waals surface area contributed by atoms with Gasteiger partial charge in [0.05, 0.1) is 0 Å². The van der Waals surface area contributed by atoms with Gasteiger partial charge in [-0.1, -0.05) is 33.3 Å². The van der Waals surface area contributed by atoms with Crippen molar-refractivity contribution in [3.63, 3.8) is 0 Å². The molecule has 0 aromatic carbocycles. The molecule has 1 heterocycles. The van der Waals surface area contributed by atoms with Crippen LogP contribution in [0.3, 0.4) is 0 Å². The highest BCUT2D eigenvalue weighted by Gasteiger charge is 2.32. The van der Waals surface area contributed by atoms with Crippen molar-refractivity contribution in [2.45, 2.75) is 52.9 Å². The normalized spacial score (nSPS) is 22.2. The molecule has 0 aromatic heterocycles. The fourth-order valence-electron chi connectivity index (χ4n) is 2.89. The van der Waals surface area contributed by atoms with E-state index in [2.05, 4.69) is 43.6 Å².